The van der Waals surface area contributed by atoms with E-state index in [1.54, 1.807) is 30.3 Å². The molecule has 0 atom stereocenters. The summed E-state index contributed by atoms with van der Waals surface area (Å²) in [7, 11) is 0. The van der Waals surface area contributed by atoms with Gasteiger partial charge in [0.1, 0.15) is 0 Å². The zero-order valence-electron chi connectivity index (χ0n) is 13.1. The van der Waals surface area contributed by atoms with Gasteiger partial charge in [-0.25, -0.2) is 0 Å². The number of fused-ring (bicyclic) bond motifs is 1. The first-order valence-corrected chi connectivity index (χ1v) is 8.36. The molecule has 25 heavy (non-hydrogen) atoms. The maximum Gasteiger partial charge on any atom is 0.271 e. The number of hydrogen-bond donors (Lipinski definition) is 1. The van der Waals surface area contributed by atoms with E-state index < -0.39 is 4.92 Å². The third kappa shape index (κ3) is 3.69. The summed E-state index contributed by atoms with van der Waals surface area (Å²) in [5.41, 5.74) is 1.81. The quantitative estimate of drug-likeness (QED) is 0.627. The minimum absolute atomic E-state index is 0.0587. The Morgan fingerprint density at radius 1 is 1.24 bits per heavy atom. The van der Waals surface area contributed by atoms with Crippen molar-refractivity contribution in [2.75, 3.05) is 18.0 Å². The maximum absolute atomic E-state index is 12.4. The van der Waals surface area contributed by atoms with Gasteiger partial charge in [0.15, 0.2) is 0 Å². The zero-order chi connectivity index (χ0) is 18.0. The van der Waals surface area contributed by atoms with E-state index in [1.807, 2.05) is 0 Å². The van der Waals surface area contributed by atoms with Gasteiger partial charge in [-0.1, -0.05) is 28.1 Å². The van der Waals surface area contributed by atoms with Gasteiger partial charge in [-0.3, -0.25) is 19.7 Å². The minimum atomic E-state index is -0.490. The molecule has 7 nitrogen and oxygen atoms in total. The van der Waals surface area contributed by atoms with Crippen molar-refractivity contribution >= 4 is 39.1 Å². The molecule has 2 aromatic rings. The summed E-state index contributed by atoms with van der Waals surface area (Å²) >= 11 is 3.29. The molecule has 128 valence electrons. The van der Waals surface area contributed by atoms with Crippen molar-refractivity contribution in [1.82, 2.24) is 5.32 Å². The van der Waals surface area contributed by atoms with E-state index in [9.17, 15) is 19.7 Å². The second kappa shape index (κ2) is 7.02. The Morgan fingerprint density at radius 3 is 2.76 bits per heavy atom. The number of non-ortho nitro benzene ring substituents is 1. The molecule has 0 saturated carbocycles. The van der Waals surface area contributed by atoms with Gasteiger partial charge in [0, 0.05) is 28.7 Å². The number of carbonyl (C=O) groups excluding carboxylic acids is 2. The molecule has 1 N–H and O–H groups in total. The Labute approximate surface area is 151 Å². The zero-order valence-corrected chi connectivity index (χ0v) is 14.7. The van der Waals surface area contributed by atoms with E-state index in [0.717, 1.165) is 10.0 Å². The number of carbonyl (C=O) groups is 2. The van der Waals surface area contributed by atoms with Crippen LogP contribution in [0.2, 0.25) is 0 Å². The van der Waals surface area contributed by atoms with E-state index >= 15 is 0 Å². The van der Waals surface area contributed by atoms with Crippen LogP contribution in [0.5, 0.6) is 0 Å². The molecule has 0 spiro atoms. The number of nitrogens with zero attached hydrogens (tertiary/aromatic N) is 2. The summed E-state index contributed by atoms with van der Waals surface area (Å²) in [6, 6.07) is 11.3. The monoisotopic (exact) mass is 403 g/mol. The molecule has 1 heterocycles. The summed E-state index contributed by atoms with van der Waals surface area (Å²) in [6.07, 6.45) is 0.638. The van der Waals surface area contributed by atoms with Crippen molar-refractivity contribution in [2.45, 2.75) is 6.42 Å². The third-order valence-electron chi connectivity index (χ3n) is 3.96. The molecular weight excluding hydrogens is 390 g/mol. The van der Waals surface area contributed by atoms with Gasteiger partial charge in [0.2, 0.25) is 5.91 Å². The van der Waals surface area contributed by atoms with Crippen LogP contribution in [0, 0.1) is 10.1 Å². The summed E-state index contributed by atoms with van der Waals surface area (Å²) in [4.78, 5) is 36.4. The van der Waals surface area contributed by atoms with Crippen LogP contribution in [0.25, 0.3) is 0 Å². The molecule has 1 aliphatic rings. The molecule has 0 radical (unpaired) electrons. The lowest BCUT2D eigenvalue weighted by atomic mass is 10.1. The highest BCUT2D eigenvalue weighted by atomic mass is 79.9. The lowest BCUT2D eigenvalue weighted by Gasteiger charge is -2.17. The largest absolute Gasteiger partial charge is 0.343 e. The summed E-state index contributed by atoms with van der Waals surface area (Å²) in [5, 5.41) is 13.5. The van der Waals surface area contributed by atoms with E-state index in [0.29, 0.717) is 24.2 Å². The predicted molar refractivity (Wildman–Crippen MR) is 95.6 cm³/mol. The van der Waals surface area contributed by atoms with Crippen LogP contribution < -0.4 is 10.2 Å². The molecule has 0 bridgehead atoms. The second-order valence-electron chi connectivity index (χ2n) is 5.56. The number of halogens is 1. The molecule has 3 rings (SSSR count). The highest BCUT2D eigenvalue weighted by molar-refractivity contribution is 9.10. The van der Waals surface area contributed by atoms with E-state index in [-0.39, 0.29) is 24.0 Å². The average molecular weight is 404 g/mol. The first kappa shape index (κ1) is 17.1. The maximum atomic E-state index is 12.4. The van der Waals surface area contributed by atoms with Crippen LogP contribution in [0.1, 0.15) is 15.9 Å². The Morgan fingerprint density at radius 2 is 2.04 bits per heavy atom. The SMILES string of the molecule is O=C(NCC(=O)N1CCc2ccc([N+](=O)[O-])cc21)c1cccc(Br)c1. The molecule has 0 unspecified atom stereocenters. The lowest BCUT2D eigenvalue weighted by molar-refractivity contribution is -0.384. The van der Waals surface area contributed by atoms with Crippen molar-refractivity contribution in [3.63, 3.8) is 0 Å². The van der Waals surface area contributed by atoms with Gasteiger partial charge in [-0.2, -0.15) is 0 Å². The average Bonchev–Trinajstić information content (AvgIpc) is 3.02. The van der Waals surface area contributed by atoms with Crippen LogP contribution >= 0.6 is 15.9 Å². The van der Waals surface area contributed by atoms with Crippen molar-refractivity contribution in [1.29, 1.82) is 0 Å². The van der Waals surface area contributed by atoms with Gasteiger partial charge >= 0.3 is 0 Å². The molecule has 0 aliphatic carbocycles. The normalized spacial score (nSPS) is 12.6. The van der Waals surface area contributed by atoms with Crippen molar-refractivity contribution in [3.05, 3.63) is 68.2 Å². The van der Waals surface area contributed by atoms with Crippen LogP contribution in [-0.2, 0) is 11.2 Å². The molecule has 0 saturated heterocycles. The first-order chi connectivity index (χ1) is 12.0. The summed E-state index contributed by atoms with van der Waals surface area (Å²) in [5.74, 6) is -0.657. The number of nitrogens with one attached hydrogen (secondary N) is 1. The summed E-state index contributed by atoms with van der Waals surface area (Å²) < 4.78 is 0.771. The van der Waals surface area contributed by atoms with Gasteiger partial charge in [0.05, 0.1) is 17.2 Å². The molecule has 0 fully saturated rings. The number of anilines is 1. The first-order valence-electron chi connectivity index (χ1n) is 7.57. The number of rotatable bonds is 4. The van der Waals surface area contributed by atoms with E-state index in [4.69, 9.17) is 0 Å². The van der Waals surface area contributed by atoms with Crippen LogP contribution in [0.4, 0.5) is 11.4 Å². The van der Waals surface area contributed by atoms with E-state index in [1.165, 1.54) is 17.0 Å². The van der Waals surface area contributed by atoms with Crippen molar-refractivity contribution in [2.24, 2.45) is 0 Å². The van der Waals surface area contributed by atoms with Gasteiger partial charge in [-0.15, -0.1) is 0 Å². The molecule has 2 aromatic carbocycles. The lowest BCUT2D eigenvalue weighted by Crippen LogP contribution is -2.39. The minimum Gasteiger partial charge on any atom is -0.343 e. The smallest absolute Gasteiger partial charge is 0.271 e. The number of benzene rings is 2. The number of hydrogen-bond acceptors (Lipinski definition) is 4. The molecule has 2 amide bonds. The van der Waals surface area contributed by atoms with Crippen LogP contribution in [0.15, 0.2) is 46.9 Å². The van der Waals surface area contributed by atoms with Gasteiger partial charge in [0.25, 0.3) is 11.6 Å². The number of amides is 2. The Hall–Kier alpha value is -2.74. The molecular formula is C17H14BrN3O4. The highest BCUT2D eigenvalue weighted by Crippen LogP contribution is 2.31. The topological polar surface area (TPSA) is 92.6 Å². The molecule has 0 aromatic heterocycles. The Kier molecular flexibility index (Phi) is 4.80. The molecule has 1 aliphatic heterocycles. The molecule has 8 heteroatoms. The van der Waals surface area contributed by atoms with Crippen molar-refractivity contribution < 1.29 is 14.5 Å². The van der Waals surface area contributed by atoms with Crippen LogP contribution in [0.3, 0.4) is 0 Å². The Balaban J connectivity index is 1.68. The fourth-order valence-electron chi connectivity index (χ4n) is 2.72. The summed E-state index contributed by atoms with van der Waals surface area (Å²) in [6.45, 7) is 0.273. The van der Waals surface area contributed by atoms with Crippen LogP contribution in [-0.4, -0.2) is 29.8 Å². The fourth-order valence-corrected chi connectivity index (χ4v) is 3.12. The van der Waals surface area contributed by atoms with E-state index in [2.05, 4.69) is 21.2 Å². The number of nitro benzene ring substituents is 1. The van der Waals surface area contributed by atoms with Gasteiger partial charge in [-0.05, 0) is 30.2 Å². The third-order valence-corrected chi connectivity index (χ3v) is 4.46. The fraction of sp³-hybridized carbons (Fsp3) is 0.176. The Bertz CT molecular complexity index is 869. The van der Waals surface area contributed by atoms with Gasteiger partial charge < -0.3 is 10.2 Å². The second-order valence-corrected chi connectivity index (χ2v) is 6.47. The highest BCUT2D eigenvalue weighted by Gasteiger charge is 2.26. The standard InChI is InChI=1S/C17H14BrN3O4/c18-13-3-1-2-12(8-13)17(23)19-10-16(22)20-7-6-11-4-5-14(21(24)25)9-15(11)20/h1-5,8-9H,6-7,10H2,(H,19,23). The predicted octanol–water partition coefficient (Wildman–Crippen LogP) is 2.68. The number of nitro groups is 1. The van der Waals surface area contributed by atoms with Crippen molar-refractivity contribution in [3.8, 4) is 0 Å².